The van der Waals surface area contributed by atoms with Gasteiger partial charge in [0.05, 0.1) is 22.7 Å². The van der Waals surface area contributed by atoms with Crippen LogP contribution < -0.4 is 10.9 Å². The molecule has 1 N–H and O–H groups in total. The number of nitriles is 1. The monoisotopic (exact) mass is 600 g/mol. The number of amides is 1. The summed E-state index contributed by atoms with van der Waals surface area (Å²) in [4.78, 5) is 41.4. The number of aromatic nitrogens is 5. The van der Waals surface area contributed by atoms with Crippen LogP contribution in [-0.4, -0.2) is 47.5 Å². The second-order valence-electron chi connectivity index (χ2n) is 12.9. The molecule has 1 aromatic carbocycles. The fourth-order valence-corrected chi connectivity index (χ4v) is 5.47. The molecule has 11 nitrogen and oxygen atoms in total. The van der Waals surface area contributed by atoms with Gasteiger partial charge in [-0.05, 0) is 97.2 Å². The molecule has 230 valence electrons. The smallest absolute Gasteiger partial charge is 0.411 e. The van der Waals surface area contributed by atoms with Crippen molar-refractivity contribution in [2.24, 2.45) is 0 Å². The molecule has 12 heteroatoms. The molecular formula is C32H37FN8O3. The van der Waals surface area contributed by atoms with Crippen molar-refractivity contribution in [3.63, 3.8) is 0 Å². The summed E-state index contributed by atoms with van der Waals surface area (Å²) in [6, 6.07) is 10.7. The predicted molar refractivity (Wildman–Crippen MR) is 165 cm³/mol. The lowest BCUT2D eigenvalue weighted by molar-refractivity contribution is -0.000302. The summed E-state index contributed by atoms with van der Waals surface area (Å²) in [5, 5.41) is 13.0. The van der Waals surface area contributed by atoms with Crippen LogP contribution in [0.3, 0.4) is 0 Å². The minimum Gasteiger partial charge on any atom is -0.444 e. The first-order chi connectivity index (χ1) is 20.6. The van der Waals surface area contributed by atoms with E-state index in [1.807, 2.05) is 52.8 Å². The fraction of sp³-hybridized carbons (Fsp3) is 0.438. The summed E-state index contributed by atoms with van der Waals surface area (Å²) < 4.78 is 23.6. The summed E-state index contributed by atoms with van der Waals surface area (Å²) >= 11 is 0. The minimum absolute atomic E-state index is 0.130. The van der Waals surface area contributed by atoms with E-state index in [-0.39, 0.29) is 41.0 Å². The fourth-order valence-electron chi connectivity index (χ4n) is 5.47. The standard InChI is InChI=1S/C32H37FN8O3/c1-9-40-27(42)21-17-35-28(38-25(21)41(40)26-23(33)12-13-24(37-26)31(5,6)18-34)36-20-10-11-22-19(16-20)14-15-39(32(22,7)8)29(43)44-30(2,3)4/h10-13,16-17H,9,14-15H2,1-8H3,(H,35,36,38). The lowest BCUT2D eigenvalue weighted by atomic mass is 9.83. The highest BCUT2D eigenvalue weighted by atomic mass is 19.1. The molecule has 1 aliphatic heterocycles. The van der Waals surface area contributed by atoms with Crippen LogP contribution >= 0.6 is 0 Å². The average Bonchev–Trinajstić information content (AvgIpc) is 3.22. The Bertz CT molecular complexity index is 1880. The molecule has 5 rings (SSSR count). The summed E-state index contributed by atoms with van der Waals surface area (Å²) in [6.07, 6.45) is 1.69. The highest BCUT2D eigenvalue weighted by Crippen LogP contribution is 2.37. The van der Waals surface area contributed by atoms with Crippen molar-refractivity contribution in [2.75, 3.05) is 11.9 Å². The predicted octanol–water partition coefficient (Wildman–Crippen LogP) is 5.71. The van der Waals surface area contributed by atoms with Crippen molar-refractivity contribution in [1.82, 2.24) is 29.2 Å². The maximum absolute atomic E-state index is 15.3. The van der Waals surface area contributed by atoms with Gasteiger partial charge in [0.2, 0.25) is 5.95 Å². The number of halogens is 1. The van der Waals surface area contributed by atoms with Gasteiger partial charge in [-0.25, -0.2) is 28.5 Å². The lowest BCUT2D eigenvalue weighted by Gasteiger charge is -2.44. The molecule has 0 radical (unpaired) electrons. The number of rotatable bonds is 5. The Labute approximate surface area is 255 Å². The van der Waals surface area contributed by atoms with E-state index in [4.69, 9.17) is 4.74 Å². The third-order valence-electron chi connectivity index (χ3n) is 7.84. The first-order valence-electron chi connectivity index (χ1n) is 14.6. The molecule has 0 bridgehead atoms. The summed E-state index contributed by atoms with van der Waals surface area (Å²) in [5.41, 5.74) is 0.794. The van der Waals surface area contributed by atoms with Gasteiger partial charge in [-0.2, -0.15) is 10.2 Å². The molecule has 0 saturated carbocycles. The first-order valence-corrected chi connectivity index (χ1v) is 14.6. The van der Waals surface area contributed by atoms with E-state index in [1.54, 1.807) is 25.7 Å². The molecule has 0 spiro atoms. The van der Waals surface area contributed by atoms with E-state index in [0.717, 1.165) is 16.8 Å². The number of carbonyl (C=O) groups excluding carboxylic acids is 1. The van der Waals surface area contributed by atoms with E-state index >= 15 is 4.39 Å². The van der Waals surface area contributed by atoms with Crippen molar-refractivity contribution in [3.05, 3.63) is 69.5 Å². The van der Waals surface area contributed by atoms with E-state index in [0.29, 0.717) is 18.7 Å². The molecule has 0 saturated heterocycles. The number of carbonyl (C=O) groups is 1. The van der Waals surface area contributed by atoms with E-state index < -0.39 is 22.4 Å². The Morgan fingerprint density at radius 3 is 2.55 bits per heavy atom. The molecule has 44 heavy (non-hydrogen) atoms. The summed E-state index contributed by atoms with van der Waals surface area (Å²) in [5.74, 6) is -0.582. The average molecular weight is 601 g/mol. The number of nitrogens with zero attached hydrogens (tertiary/aromatic N) is 7. The van der Waals surface area contributed by atoms with Crippen molar-refractivity contribution < 1.29 is 13.9 Å². The second kappa shape index (κ2) is 10.7. The molecule has 0 aliphatic carbocycles. The lowest BCUT2D eigenvalue weighted by Crippen LogP contribution is -2.51. The van der Waals surface area contributed by atoms with Crippen molar-refractivity contribution in [1.29, 1.82) is 5.26 Å². The molecule has 0 unspecified atom stereocenters. The van der Waals surface area contributed by atoms with Gasteiger partial charge in [-0.15, -0.1) is 0 Å². The number of nitrogens with one attached hydrogen (secondary N) is 1. The quantitative estimate of drug-likeness (QED) is 0.308. The van der Waals surface area contributed by atoms with Crippen molar-refractivity contribution in [2.45, 2.75) is 84.9 Å². The van der Waals surface area contributed by atoms with E-state index in [9.17, 15) is 14.9 Å². The number of hydrogen-bond acceptors (Lipinski definition) is 8. The zero-order chi connectivity index (χ0) is 32.2. The van der Waals surface area contributed by atoms with Crippen LogP contribution in [0, 0.1) is 17.1 Å². The highest BCUT2D eigenvalue weighted by molar-refractivity contribution is 5.77. The molecule has 4 aromatic rings. The summed E-state index contributed by atoms with van der Waals surface area (Å²) in [7, 11) is 0. The number of fused-ring (bicyclic) bond motifs is 2. The first kappa shape index (κ1) is 30.7. The van der Waals surface area contributed by atoms with Gasteiger partial charge in [-0.3, -0.25) is 9.69 Å². The van der Waals surface area contributed by atoms with Gasteiger partial charge in [0, 0.05) is 25.0 Å². The molecule has 4 heterocycles. The van der Waals surface area contributed by atoms with Crippen LogP contribution in [0.2, 0.25) is 0 Å². The number of benzene rings is 1. The van der Waals surface area contributed by atoms with E-state index in [2.05, 4.69) is 26.3 Å². The van der Waals surface area contributed by atoms with Gasteiger partial charge < -0.3 is 10.1 Å². The molecule has 3 aromatic heterocycles. The zero-order valence-corrected chi connectivity index (χ0v) is 26.3. The molecule has 1 aliphatic rings. The molecule has 0 fully saturated rings. The third kappa shape index (κ3) is 5.38. The SMILES string of the molecule is CCn1c(=O)c2cnc(Nc3ccc4c(c3)CCN(C(=O)OC(C)(C)C)C4(C)C)nc2n1-c1nc(C(C)(C)C#N)ccc1F. The number of pyridine rings is 1. The third-order valence-corrected chi connectivity index (χ3v) is 7.84. The number of ether oxygens (including phenoxy) is 1. The van der Waals surface area contributed by atoms with Gasteiger partial charge in [0.1, 0.15) is 11.0 Å². The zero-order valence-electron chi connectivity index (χ0n) is 26.3. The van der Waals surface area contributed by atoms with Crippen molar-refractivity contribution in [3.8, 4) is 11.9 Å². The summed E-state index contributed by atoms with van der Waals surface area (Å²) in [6.45, 7) is 15.4. The molecule has 1 amide bonds. The Balaban J connectivity index is 1.52. The topological polar surface area (TPSA) is 131 Å². The van der Waals surface area contributed by atoms with Crippen molar-refractivity contribution >= 4 is 28.8 Å². The van der Waals surface area contributed by atoms with E-state index in [1.165, 1.54) is 27.7 Å². The largest absolute Gasteiger partial charge is 0.444 e. The number of hydrogen-bond donors (Lipinski definition) is 1. The minimum atomic E-state index is -0.977. The highest BCUT2D eigenvalue weighted by Gasteiger charge is 2.39. The number of anilines is 2. The van der Waals surface area contributed by atoms with Gasteiger partial charge in [0.25, 0.3) is 5.56 Å². The Morgan fingerprint density at radius 1 is 1.16 bits per heavy atom. The van der Waals surface area contributed by atoms with Gasteiger partial charge >= 0.3 is 6.09 Å². The maximum atomic E-state index is 15.3. The van der Waals surface area contributed by atoms with Crippen LogP contribution in [-0.2, 0) is 28.7 Å². The van der Waals surface area contributed by atoms with Crippen LogP contribution in [0.4, 0.5) is 20.8 Å². The Kier molecular flexibility index (Phi) is 7.48. The maximum Gasteiger partial charge on any atom is 0.411 e. The van der Waals surface area contributed by atoms with Crippen LogP contribution in [0.15, 0.2) is 41.3 Å². The van der Waals surface area contributed by atoms with Gasteiger partial charge in [0.15, 0.2) is 17.3 Å². The normalized spacial score (nSPS) is 14.7. The Hall–Kier alpha value is -4.79. The van der Waals surface area contributed by atoms with Crippen LogP contribution in [0.5, 0.6) is 0 Å². The van der Waals surface area contributed by atoms with Crippen LogP contribution in [0.25, 0.3) is 16.9 Å². The van der Waals surface area contributed by atoms with Crippen LogP contribution in [0.1, 0.15) is 72.2 Å². The molecule has 0 atom stereocenters. The molecular weight excluding hydrogens is 563 g/mol. The Morgan fingerprint density at radius 2 is 1.89 bits per heavy atom. The second-order valence-corrected chi connectivity index (χ2v) is 12.9. The van der Waals surface area contributed by atoms with Gasteiger partial charge in [-0.1, -0.05) is 6.07 Å².